The van der Waals surface area contributed by atoms with Gasteiger partial charge < -0.3 is 4.74 Å². The maximum atomic E-state index is 13.7. The molecule has 0 spiro atoms. The molecule has 106 valence electrons. The molecule has 0 fully saturated rings. The first-order valence-corrected chi connectivity index (χ1v) is 7.04. The van der Waals surface area contributed by atoms with Crippen LogP contribution in [0.3, 0.4) is 0 Å². The molecule has 0 amide bonds. The van der Waals surface area contributed by atoms with Crippen molar-refractivity contribution in [3.05, 3.63) is 70.3 Å². The highest BCUT2D eigenvalue weighted by Gasteiger charge is 2.12. The van der Waals surface area contributed by atoms with Crippen molar-refractivity contribution in [2.45, 2.75) is 6.61 Å². The van der Waals surface area contributed by atoms with Crippen LogP contribution in [0.15, 0.2) is 53.1 Å². The third-order valence-electron chi connectivity index (χ3n) is 3.08. The first kappa shape index (κ1) is 13.9. The molecule has 3 aromatic rings. The van der Waals surface area contributed by atoms with Gasteiger partial charge in [0.1, 0.15) is 6.61 Å². The second kappa shape index (κ2) is 5.77. The highest BCUT2D eigenvalue weighted by molar-refractivity contribution is 9.10. The number of para-hydroxylation sites is 1. The Morgan fingerprint density at radius 3 is 2.76 bits per heavy atom. The van der Waals surface area contributed by atoms with E-state index in [9.17, 15) is 8.78 Å². The average Bonchev–Trinajstić information content (AvgIpc) is 2.49. The Morgan fingerprint density at radius 1 is 1.10 bits per heavy atom. The van der Waals surface area contributed by atoms with Gasteiger partial charge >= 0.3 is 0 Å². The zero-order chi connectivity index (χ0) is 14.8. The van der Waals surface area contributed by atoms with Crippen LogP contribution in [-0.4, -0.2) is 4.98 Å². The van der Waals surface area contributed by atoms with E-state index in [2.05, 4.69) is 20.9 Å². The molecule has 2 aromatic carbocycles. The number of halogens is 3. The Kier molecular flexibility index (Phi) is 3.84. The SMILES string of the molecule is Fc1cc(Br)cc(OCc2ccnc3ccccc23)c1F. The van der Waals surface area contributed by atoms with Gasteiger partial charge in [-0.05, 0) is 24.3 Å². The molecule has 0 aliphatic carbocycles. The van der Waals surface area contributed by atoms with Crippen molar-refractivity contribution in [1.29, 1.82) is 0 Å². The normalized spacial score (nSPS) is 10.8. The van der Waals surface area contributed by atoms with Gasteiger partial charge in [-0.25, -0.2) is 4.39 Å². The topological polar surface area (TPSA) is 22.1 Å². The molecule has 2 nitrogen and oxygen atoms in total. The van der Waals surface area contributed by atoms with E-state index in [0.29, 0.717) is 4.47 Å². The number of rotatable bonds is 3. The molecule has 1 aromatic heterocycles. The third-order valence-corrected chi connectivity index (χ3v) is 3.54. The Morgan fingerprint density at radius 2 is 1.90 bits per heavy atom. The summed E-state index contributed by atoms with van der Waals surface area (Å²) in [6.07, 6.45) is 1.67. The van der Waals surface area contributed by atoms with Gasteiger partial charge in [0.05, 0.1) is 5.52 Å². The summed E-state index contributed by atoms with van der Waals surface area (Å²) in [7, 11) is 0. The fourth-order valence-corrected chi connectivity index (χ4v) is 2.48. The van der Waals surface area contributed by atoms with Crippen molar-refractivity contribution in [1.82, 2.24) is 4.98 Å². The van der Waals surface area contributed by atoms with E-state index in [1.807, 2.05) is 24.3 Å². The number of hydrogen-bond acceptors (Lipinski definition) is 2. The van der Waals surface area contributed by atoms with Crippen molar-refractivity contribution >= 4 is 26.8 Å². The predicted molar refractivity (Wildman–Crippen MR) is 80.1 cm³/mol. The number of ether oxygens (including phenoxy) is 1. The van der Waals surface area contributed by atoms with Gasteiger partial charge in [0, 0.05) is 21.6 Å². The lowest BCUT2D eigenvalue weighted by molar-refractivity contribution is 0.285. The number of aromatic nitrogens is 1. The van der Waals surface area contributed by atoms with E-state index in [4.69, 9.17) is 4.74 Å². The standard InChI is InChI=1S/C16H10BrF2NO/c17-11-7-13(18)16(19)15(8-11)21-9-10-5-6-20-14-4-2-1-3-12(10)14/h1-8H,9H2. The fourth-order valence-electron chi connectivity index (χ4n) is 2.07. The Bertz CT molecular complexity index is 802. The van der Waals surface area contributed by atoms with Gasteiger partial charge in [-0.3, -0.25) is 4.98 Å². The maximum Gasteiger partial charge on any atom is 0.200 e. The minimum atomic E-state index is -0.989. The average molecular weight is 350 g/mol. The van der Waals surface area contributed by atoms with Gasteiger partial charge in [0.2, 0.25) is 5.82 Å². The third kappa shape index (κ3) is 2.88. The lowest BCUT2D eigenvalue weighted by atomic mass is 10.1. The number of fused-ring (bicyclic) bond motifs is 1. The monoisotopic (exact) mass is 349 g/mol. The molecule has 0 saturated carbocycles. The van der Waals surface area contributed by atoms with Crippen LogP contribution in [-0.2, 0) is 6.61 Å². The van der Waals surface area contributed by atoms with Gasteiger partial charge in [-0.2, -0.15) is 4.39 Å². The highest BCUT2D eigenvalue weighted by atomic mass is 79.9. The number of hydrogen-bond donors (Lipinski definition) is 0. The van der Waals surface area contributed by atoms with Crippen molar-refractivity contribution in [2.75, 3.05) is 0 Å². The molecule has 0 atom stereocenters. The van der Waals surface area contributed by atoms with E-state index < -0.39 is 11.6 Å². The smallest absolute Gasteiger partial charge is 0.200 e. The van der Waals surface area contributed by atoms with Crippen LogP contribution in [0.2, 0.25) is 0 Å². The van der Waals surface area contributed by atoms with Crippen molar-refractivity contribution in [2.24, 2.45) is 0 Å². The number of pyridine rings is 1. The molecule has 5 heteroatoms. The Balaban J connectivity index is 1.91. The first-order valence-electron chi connectivity index (χ1n) is 6.25. The zero-order valence-electron chi connectivity index (χ0n) is 10.8. The molecule has 0 radical (unpaired) electrons. The summed E-state index contributed by atoms with van der Waals surface area (Å²) in [6, 6.07) is 11.9. The molecule has 21 heavy (non-hydrogen) atoms. The van der Waals surface area contributed by atoms with E-state index >= 15 is 0 Å². The highest BCUT2D eigenvalue weighted by Crippen LogP contribution is 2.27. The van der Waals surface area contributed by atoms with E-state index in [1.54, 1.807) is 12.3 Å². The van der Waals surface area contributed by atoms with Crippen molar-refractivity contribution in [3.8, 4) is 5.75 Å². The first-order chi connectivity index (χ1) is 10.1. The van der Waals surface area contributed by atoms with Crippen LogP contribution in [0.4, 0.5) is 8.78 Å². The van der Waals surface area contributed by atoms with E-state index in [-0.39, 0.29) is 12.4 Å². The summed E-state index contributed by atoms with van der Waals surface area (Å²) < 4.78 is 32.8. The quantitative estimate of drug-likeness (QED) is 0.630. The van der Waals surface area contributed by atoms with Crippen LogP contribution in [0, 0.1) is 11.6 Å². The largest absolute Gasteiger partial charge is 0.486 e. The molecule has 0 unspecified atom stereocenters. The summed E-state index contributed by atoms with van der Waals surface area (Å²) in [4.78, 5) is 4.25. The molecular weight excluding hydrogens is 340 g/mol. The summed E-state index contributed by atoms with van der Waals surface area (Å²) in [6.45, 7) is 0.135. The zero-order valence-corrected chi connectivity index (χ0v) is 12.4. The van der Waals surface area contributed by atoms with Gasteiger partial charge in [0.25, 0.3) is 0 Å². The molecule has 0 aliphatic heterocycles. The molecule has 0 bridgehead atoms. The van der Waals surface area contributed by atoms with E-state index in [0.717, 1.165) is 22.5 Å². The minimum absolute atomic E-state index is 0.122. The Labute approximate surface area is 128 Å². The summed E-state index contributed by atoms with van der Waals surface area (Å²) >= 11 is 3.12. The molecule has 1 heterocycles. The minimum Gasteiger partial charge on any atom is -0.486 e. The van der Waals surface area contributed by atoms with Gasteiger partial charge in [0.15, 0.2) is 11.6 Å². The second-order valence-corrected chi connectivity index (χ2v) is 5.39. The van der Waals surface area contributed by atoms with Crippen LogP contribution >= 0.6 is 15.9 Å². The van der Waals surface area contributed by atoms with Gasteiger partial charge in [-0.1, -0.05) is 34.1 Å². The van der Waals surface area contributed by atoms with Crippen LogP contribution < -0.4 is 4.74 Å². The predicted octanol–water partition coefficient (Wildman–Crippen LogP) is 4.85. The lowest BCUT2D eigenvalue weighted by Gasteiger charge is -2.10. The van der Waals surface area contributed by atoms with Crippen LogP contribution in [0.25, 0.3) is 10.9 Å². The van der Waals surface area contributed by atoms with Crippen LogP contribution in [0.5, 0.6) is 5.75 Å². The molecule has 0 aliphatic rings. The molecule has 0 saturated heterocycles. The van der Waals surface area contributed by atoms with E-state index in [1.165, 1.54) is 6.07 Å². The fraction of sp³-hybridized carbons (Fsp3) is 0.0625. The summed E-state index contributed by atoms with van der Waals surface area (Å²) in [5.41, 5.74) is 1.69. The molecule has 3 rings (SSSR count). The second-order valence-electron chi connectivity index (χ2n) is 4.48. The Hall–Kier alpha value is -2.01. The van der Waals surface area contributed by atoms with Crippen molar-refractivity contribution in [3.63, 3.8) is 0 Å². The lowest BCUT2D eigenvalue weighted by Crippen LogP contribution is -2.00. The maximum absolute atomic E-state index is 13.7. The summed E-state index contributed by atoms with van der Waals surface area (Å²) in [5.74, 6) is -2.06. The van der Waals surface area contributed by atoms with Gasteiger partial charge in [-0.15, -0.1) is 0 Å². The van der Waals surface area contributed by atoms with Crippen molar-refractivity contribution < 1.29 is 13.5 Å². The number of nitrogens with zero attached hydrogens (tertiary/aromatic N) is 1. The number of benzene rings is 2. The summed E-state index contributed by atoms with van der Waals surface area (Å²) in [5, 5.41) is 0.927. The van der Waals surface area contributed by atoms with Crippen LogP contribution in [0.1, 0.15) is 5.56 Å². The molecule has 0 N–H and O–H groups in total. The molecular formula is C16H10BrF2NO.